The summed E-state index contributed by atoms with van der Waals surface area (Å²) in [5.41, 5.74) is 5.65. The van der Waals surface area contributed by atoms with Crippen LogP contribution in [0.4, 0.5) is 0 Å². The van der Waals surface area contributed by atoms with Crippen molar-refractivity contribution < 1.29 is 36.6 Å². The van der Waals surface area contributed by atoms with Gasteiger partial charge in [0.1, 0.15) is 6.04 Å². The van der Waals surface area contributed by atoms with Crippen LogP contribution in [0.25, 0.3) is 0 Å². The molecule has 3 amide bonds. The number of carbonyl (C=O) groups excluding carboxylic acids is 3. The average molecular weight is 367 g/mol. The minimum atomic E-state index is -3.92. The number of hydrogen-bond donors (Lipinski definition) is 5. The lowest BCUT2D eigenvalue weighted by Gasteiger charge is -2.17. The van der Waals surface area contributed by atoms with Crippen molar-refractivity contribution in [1.29, 1.82) is 0 Å². The SMILES string of the molecule is [2H]C([2H])([2H])C([2H])(C([2H])([2H])[2H])C([2H])([2H])[C@H](NC(=O)CNC(=O)CNC(=O)[C@@H](N)CC(C)C)C(=O)O. The lowest BCUT2D eigenvalue weighted by molar-refractivity contribution is -0.142. The molecule has 2 atom stereocenters. The van der Waals surface area contributed by atoms with E-state index in [4.69, 9.17) is 18.1 Å². The van der Waals surface area contributed by atoms with E-state index in [9.17, 15) is 24.3 Å². The van der Waals surface area contributed by atoms with E-state index in [1.54, 1.807) is 5.32 Å². The summed E-state index contributed by atoms with van der Waals surface area (Å²) in [7, 11) is 0. The number of hydrogen-bond acceptors (Lipinski definition) is 5. The van der Waals surface area contributed by atoms with E-state index in [1.807, 2.05) is 19.2 Å². The van der Waals surface area contributed by atoms with Crippen LogP contribution >= 0.6 is 0 Å². The Kier molecular flexibility index (Phi) is 5.23. The number of rotatable bonds is 11. The first-order valence-corrected chi connectivity index (χ1v) is 7.41. The topological polar surface area (TPSA) is 151 Å². The second-order valence-electron chi connectivity index (χ2n) is 5.59. The Morgan fingerprint density at radius 3 is 2.28 bits per heavy atom. The Hall–Kier alpha value is -2.16. The molecule has 0 fully saturated rings. The molecule has 0 spiro atoms. The van der Waals surface area contributed by atoms with E-state index in [0.29, 0.717) is 6.42 Å². The molecule has 0 saturated carbocycles. The van der Waals surface area contributed by atoms with Gasteiger partial charge in [-0.1, -0.05) is 27.6 Å². The van der Waals surface area contributed by atoms with E-state index in [2.05, 4.69) is 5.32 Å². The van der Waals surface area contributed by atoms with Gasteiger partial charge in [0.05, 0.1) is 19.1 Å². The van der Waals surface area contributed by atoms with E-state index < -0.39 is 74.8 Å². The van der Waals surface area contributed by atoms with E-state index >= 15 is 0 Å². The van der Waals surface area contributed by atoms with Crippen LogP contribution in [0.3, 0.4) is 0 Å². The van der Waals surface area contributed by atoms with Crippen LogP contribution in [0.5, 0.6) is 0 Å². The first-order valence-electron chi connectivity index (χ1n) is 11.9. The summed E-state index contributed by atoms with van der Waals surface area (Å²) in [5.74, 6) is -8.75. The van der Waals surface area contributed by atoms with Crippen molar-refractivity contribution in [3.63, 3.8) is 0 Å². The predicted octanol–water partition coefficient (Wildman–Crippen LogP) is -0.792. The minimum Gasteiger partial charge on any atom is -0.480 e. The number of carboxylic acids is 1. The minimum absolute atomic E-state index is 0.125. The van der Waals surface area contributed by atoms with Crippen LogP contribution in [-0.2, 0) is 19.2 Å². The Labute approximate surface area is 160 Å². The second kappa shape index (κ2) is 11.4. The molecule has 0 aromatic carbocycles. The number of aliphatic carboxylic acids is 1. The molecule has 0 saturated heterocycles. The Balaban J connectivity index is 5.29. The third-order valence-electron chi connectivity index (χ3n) is 2.77. The molecule has 0 bridgehead atoms. The van der Waals surface area contributed by atoms with Gasteiger partial charge in [0.2, 0.25) is 17.7 Å². The summed E-state index contributed by atoms with van der Waals surface area (Å²) in [6.07, 6.45) is -3.45. The molecule has 25 heavy (non-hydrogen) atoms. The molecular formula is C16H30N4O5. The van der Waals surface area contributed by atoms with Crippen LogP contribution in [0.1, 0.15) is 52.7 Å². The maximum Gasteiger partial charge on any atom is 0.326 e. The summed E-state index contributed by atoms with van der Waals surface area (Å²) in [5, 5.41) is 15.2. The highest BCUT2D eigenvalue weighted by Crippen LogP contribution is 2.04. The van der Waals surface area contributed by atoms with Crippen molar-refractivity contribution in [1.82, 2.24) is 16.0 Å². The average Bonchev–Trinajstić information content (AvgIpc) is 2.64. The van der Waals surface area contributed by atoms with E-state index in [1.165, 1.54) is 0 Å². The van der Waals surface area contributed by atoms with Crippen molar-refractivity contribution in [2.45, 2.75) is 52.4 Å². The molecule has 0 aliphatic heterocycles. The molecular weight excluding hydrogens is 328 g/mol. The Bertz CT molecular complexity index is 757. The molecule has 9 nitrogen and oxygen atoms in total. The van der Waals surface area contributed by atoms with Gasteiger partial charge < -0.3 is 26.8 Å². The van der Waals surface area contributed by atoms with Crippen LogP contribution < -0.4 is 21.7 Å². The van der Waals surface area contributed by atoms with Crippen molar-refractivity contribution in [2.24, 2.45) is 17.5 Å². The monoisotopic (exact) mass is 367 g/mol. The van der Waals surface area contributed by atoms with Gasteiger partial charge in [0, 0.05) is 12.3 Å². The van der Waals surface area contributed by atoms with Gasteiger partial charge in [-0.05, 0) is 24.6 Å². The van der Waals surface area contributed by atoms with Gasteiger partial charge in [-0.2, -0.15) is 0 Å². The molecule has 0 aliphatic rings. The summed E-state index contributed by atoms with van der Waals surface area (Å²) >= 11 is 0. The van der Waals surface area contributed by atoms with E-state index in [-0.39, 0.29) is 5.92 Å². The highest BCUT2D eigenvalue weighted by atomic mass is 16.4. The first kappa shape index (κ1) is 11.5. The first-order chi connectivity index (χ1) is 15.1. The molecule has 144 valence electrons. The third kappa shape index (κ3) is 11.1. The fourth-order valence-electron chi connectivity index (χ4n) is 1.67. The van der Waals surface area contributed by atoms with Gasteiger partial charge in [0.25, 0.3) is 0 Å². The van der Waals surface area contributed by atoms with Gasteiger partial charge >= 0.3 is 5.97 Å². The maximum atomic E-state index is 12.1. The number of nitrogens with two attached hydrogens (primary N) is 1. The molecule has 0 aromatic rings. The van der Waals surface area contributed by atoms with Gasteiger partial charge in [-0.25, -0.2) is 4.79 Å². The molecule has 6 N–H and O–H groups in total. The fourth-order valence-corrected chi connectivity index (χ4v) is 1.67. The zero-order valence-electron chi connectivity index (χ0n) is 23.0. The smallest absolute Gasteiger partial charge is 0.326 e. The maximum absolute atomic E-state index is 12.1. The molecule has 9 heteroatoms. The van der Waals surface area contributed by atoms with Crippen LogP contribution in [-0.4, -0.2) is 54.0 Å². The summed E-state index contributed by atoms with van der Waals surface area (Å²) in [4.78, 5) is 47.3. The summed E-state index contributed by atoms with van der Waals surface area (Å²) < 4.78 is 67.8. The highest BCUT2D eigenvalue weighted by molar-refractivity contribution is 5.90. The van der Waals surface area contributed by atoms with Crippen LogP contribution in [0, 0.1) is 11.8 Å². The second-order valence-corrected chi connectivity index (χ2v) is 5.59. The van der Waals surface area contributed by atoms with Crippen LogP contribution in [0.2, 0.25) is 0 Å². The number of amides is 3. The Morgan fingerprint density at radius 2 is 1.76 bits per heavy atom. The van der Waals surface area contributed by atoms with Crippen molar-refractivity contribution in [3.8, 4) is 0 Å². The lowest BCUT2D eigenvalue weighted by atomic mass is 10.0. The molecule has 0 unspecified atom stereocenters. The predicted molar refractivity (Wildman–Crippen MR) is 92.5 cm³/mol. The highest BCUT2D eigenvalue weighted by Gasteiger charge is 2.21. The van der Waals surface area contributed by atoms with Crippen molar-refractivity contribution in [3.05, 3.63) is 0 Å². The normalized spacial score (nSPS) is 20.6. The van der Waals surface area contributed by atoms with Gasteiger partial charge in [0.15, 0.2) is 0 Å². The number of carboxylic acid groups (broad SMARTS) is 1. The third-order valence-corrected chi connectivity index (χ3v) is 2.77. The number of carbonyl (C=O) groups is 4. The largest absolute Gasteiger partial charge is 0.480 e. The molecule has 0 radical (unpaired) electrons. The van der Waals surface area contributed by atoms with Crippen molar-refractivity contribution >= 4 is 23.7 Å². The molecule has 0 rings (SSSR count). The zero-order valence-corrected chi connectivity index (χ0v) is 14.0. The zero-order chi connectivity index (χ0) is 27.3. The van der Waals surface area contributed by atoms with Crippen LogP contribution in [0.15, 0.2) is 0 Å². The molecule has 0 heterocycles. The standard InChI is InChI=1S/C16H30N4O5/c1-9(2)5-11(17)15(23)19-7-13(21)18-8-14(22)20-12(16(24)25)6-10(3)4/h9-12H,5-8,17H2,1-4H3,(H,18,21)(H,19,23)(H,20,22)(H,24,25)/t11-,12-/m0/s1/i3D3,4D3,6D2,10D. The van der Waals surface area contributed by atoms with Crippen molar-refractivity contribution in [2.75, 3.05) is 13.1 Å². The summed E-state index contributed by atoms with van der Waals surface area (Å²) in [6, 6.07) is -3.62. The summed E-state index contributed by atoms with van der Waals surface area (Å²) in [6.45, 7) is -5.42. The quantitative estimate of drug-likeness (QED) is 0.323. The Morgan fingerprint density at radius 1 is 1.16 bits per heavy atom. The van der Waals surface area contributed by atoms with Gasteiger partial charge in [-0.15, -0.1) is 0 Å². The fraction of sp³-hybridized carbons (Fsp3) is 0.750. The lowest BCUT2D eigenvalue weighted by Crippen LogP contribution is -2.48. The molecule has 0 aliphatic carbocycles. The van der Waals surface area contributed by atoms with E-state index in [0.717, 1.165) is 0 Å². The van der Waals surface area contributed by atoms with Gasteiger partial charge in [-0.3, -0.25) is 14.4 Å². The molecule has 0 aromatic heterocycles. The number of nitrogens with one attached hydrogen (secondary N) is 3.